The SMILES string of the molecule is COc1c(Cl)cc(/C(O)=C2\C(=O)C(=O)N(c3ccccc3O)C2c2cccc(Oc3ccccc3)c2)c(OC)c1Cl. The number of nitrogens with zero attached hydrogens (tertiary/aromatic N) is 1. The Hall–Kier alpha value is -4.66. The van der Waals surface area contributed by atoms with E-state index in [0.29, 0.717) is 17.1 Å². The van der Waals surface area contributed by atoms with E-state index in [9.17, 15) is 19.8 Å². The molecule has 0 saturated carbocycles. The standard InChI is InChI=1S/C31H23Cl2NO7/c1-39-29-20(16-21(32)30(40-2)25(29)33)27(36)24-26(34(31(38)28(24)37)22-13-6-7-14-23(22)35)17-9-8-12-19(15-17)41-18-10-4-3-5-11-18/h3-16,26,35-36H,1-2H3/b27-24+. The number of carbonyl (C=O) groups is 2. The van der Waals surface area contributed by atoms with Crippen LogP contribution in [0.25, 0.3) is 5.76 Å². The van der Waals surface area contributed by atoms with Gasteiger partial charge >= 0.3 is 0 Å². The number of hydrogen-bond acceptors (Lipinski definition) is 7. The molecule has 208 valence electrons. The van der Waals surface area contributed by atoms with Gasteiger partial charge in [0.15, 0.2) is 11.5 Å². The van der Waals surface area contributed by atoms with Crippen LogP contribution in [0.15, 0.2) is 90.5 Å². The summed E-state index contributed by atoms with van der Waals surface area (Å²) in [5.41, 5.74) is 0.198. The number of methoxy groups -OCH3 is 2. The summed E-state index contributed by atoms with van der Waals surface area (Å²) in [6.45, 7) is 0. The van der Waals surface area contributed by atoms with E-state index in [0.717, 1.165) is 4.90 Å². The molecule has 1 amide bonds. The maximum atomic E-state index is 13.6. The zero-order valence-corrected chi connectivity index (χ0v) is 23.3. The number of hydrogen-bond donors (Lipinski definition) is 2. The maximum absolute atomic E-state index is 13.6. The highest BCUT2D eigenvalue weighted by Crippen LogP contribution is 2.49. The molecule has 1 unspecified atom stereocenters. The zero-order chi connectivity index (χ0) is 29.3. The number of ketones is 1. The van der Waals surface area contributed by atoms with Crippen molar-refractivity contribution in [1.82, 2.24) is 0 Å². The number of para-hydroxylation sites is 3. The Labute approximate surface area is 245 Å². The number of Topliss-reactive ketones (excluding diaryl/α,β-unsaturated/α-hetero) is 1. The van der Waals surface area contributed by atoms with Crippen molar-refractivity contribution in [2.75, 3.05) is 19.1 Å². The Morgan fingerprint density at radius 1 is 0.829 bits per heavy atom. The summed E-state index contributed by atoms with van der Waals surface area (Å²) in [5.74, 6) is -1.67. The summed E-state index contributed by atoms with van der Waals surface area (Å²) >= 11 is 12.8. The van der Waals surface area contributed by atoms with E-state index in [1.807, 2.05) is 18.2 Å². The van der Waals surface area contributed by atoms with E-state index in [-0.39, 0.29) is 44.1 Å². The lowest BCUT2D eigenvalue weighted by molar-refractivity contribution is -0.132. The van der Waals surface area contributed by atoms with Crippen molar-refractivity contribution in [2.24, 2.45) is 0 Å². The number of carbonyl (C=O) groups excluding carboxylic acids is 2. The molecule has 0 radical (unpaired) electrons. The predicted molar refractivity (Wildman–Crippen MR) is 155 cm³/mol. The van der Waals surface area contributed by atoms with Crippen LogP contribution in [0.1, 0.15) is 17.2 Å². The van der Waals surface area contributed by atoms with Crippen molar-refractivity contribution in [3.8, 4) is 28.7 Å². The van der Waals surface area contributed by atoms with Gasteiger partial charge in [0, 0.05) is 0 Å². The number of aliphatic hydroxyl groups is 1. The van der Waals surface area contributed by atoms with Crippen LogP contribution in [0, 0.1) is 0 Å². The number of phenols is 1. The van der Waals surface area contributed by atoms with Gasteiger partial charge in [-0.2, -0.15) is 0 Å². The van der Waals surface area contributed by atoms with Crippen molar-refractivity contribution in [1.29, 1.82) is 0 Å². The number of benzene rings is 4. The van der Waals surface area contributed by atoms with Gasteiger partial charge in [-0.3, -0.25) is 14.5 Å². The predicted octanol–water partition coefficient (Wildman–Crippen LogP) is 7.13. The highest BCUT2D eigenvalue weighted by atomic mass is 35.5. The third-order valence-corrected chi connectivity index (χ3v) is 7.16. The smallest absolute Gasteiger partial charge is 0.300 e. The maximum Gasteiger partial charge on any atom is 0.300 e. The molecule has 0 aromatic heterocycles. The molecule has 1 saturated heterocycles. The Morgan fingerprint density at radius 3 is 2.17 bits per heavy atom. The molecule has 0 bridgehead atoms. The number of halogens is 2. The monoisotopic (exact) mass is 591 g/mol. The second-order valence-corrected chi connectivity index (χ2v) is 9.72. The number of rotatable bonds is 7. The lowest BCUT2D eigenvalue weighted by atomic mass is 9.94. The first kappa shape index (κ1) is 27.9. The third-order valence-electron chi connectivity index (χ3n) is 6.53. The molecule has 5 rings (SSSR count). The van der Waals surface area contributed by atoms with Gasteiger partial charge in [0.2, 0.25) is 0 Å². The highest BCUT2D eigenvalue weighted by molar-refractivity contribution is 6.52. The molecule has 1 atom stereocenters. The third kappa shape index (κ3) is 5.03. The molecule has 1 aliphatic heterocycles. The Morgan fingerprint density at radius 2 is 1.49 bits per heavy atom. The van der Waals surface area contributed by atoms with Crippen LogP contribution >= 0.6 is 23.2 Å². The first-order valence-electron chi connectivity index (χ1n) is 12.3. The molecule has 1 fully saturated rings. The lowest BCUT2D eigenvalue weighted by Crippen LogP contribution is -2.29. The molecular weight excluding hydrogens is 569 g/mol. The fourth-order valence-electron chi connectivity index (χ4n) is 4.73. The van der Waals surface area contributed by atoms with Gasteiger partial charge in [0.05, 0.1) is 42.1 Å². The van der Waals surface area contributed by atoms with Crippen LogP contribution in [0.5, 0.6) is 28.7 Å². The second-order valence-electron chi connectivity index (χ2n) is 8.93. The molecule has 0 aliphatic carbocycles. The van der Waals surface area contributed by atoms with Gasteiger partial charge in [-0.05, 0) is 48.0 Å². The molecule has 8 nitrogen and oxygen atoms in total. The van der Waals surface area contributed by atoms with E-state index < -0.39 is 23.5 Å². The second kappa shape index (κ2) is 11.4. The van der Waals surface area contributed by atoms with Crippen LogP contribution in [0.4, 0.5) is 5.69 Å². The lowest BCUT2D eigenvalue weighted by Gasteiger charge is -2.26. The van der Waals surface area contributed by atoms with E-state index in [1.165, 1.54) is 32.4 Å². The summed E-state index contributed by atoms with van der Waals surface area (Å²) in [5, 5.41) is 22.3. The minimum absolute atomic E-state index is 0.0147. The zero-order valence-electron chi connectivity index (χ0n) is 21.8. The summed E-state index contributed by atoms with van der Waals surface area (Å²) in [6, 6.07) is 22.1. The van der Waals surface area contributed by atoms with Crippen LogP contribution in [-0.4, -0.2) is 36.1 Å². The summed E-state index contributed by atoms with van der Waals surface area (Å²) in [7, 11) is 2.70. The molecule has 1 aliphatic rings. The van der Waals surface area contributed by atoms with Crippen LogP contribution in [-0.2, 0) is 9.59 Å². The topological polar surface area (TPSA) is 106 Å². The summed E-state index contributed by atoms with van der Waals surface area (Å²) < 4.78 is 16.7. The van der Waals surface area contributed by atoms with Crippen LogP contribution in [0.3, 0.4) is 0 Å². The van der Waals surface area contributed by atoms with Gasteiger partial charge in [0.1, 0.15) is 28.0 Å². The van der Waals surface area contributed by atoms with Gasteiger partial charge in [-0.15, -0.1) is 0 Å². The van der Waals surface area contributed by atoms with E-state index in [1.54, 1.807) is 48.5 Å². The normalized spacial score (nSPS) is 16.1. The number of amides is 1. The summed E-state index contributed by atoms with van der Waals surface area (Å²) in [4.78, 5) is 28.3. The summed E-state index contributed by atoms with van der Waals surface area (Å²) in [6.07, 6.45) is 0. The molecule has 4 aromatic rings. The Kier molecular flexibility index (Phi) is 7.79. The average molecular weight is 592 g/mol. The molecule has 10 heteroatoms. The Balaban J connectivity index is 1.75. The van der Waals surface area contributed by atoms with E-state index in [2.05, 4.69) is 0 Å². The number of aliphatic hydroxyl groups excluding tert-OH is 1. The fourth-order valence-corrected chi connectivity index (χ4v) is 5.42. The number of aromatic hydroxyl groups is 1. The largest absolute Gasteiger partial charge is 0.507 e. The number of anilines is 1. The van der Waals surface area contributed by atoms with E-state index >= 15 is 0 Å². The van der Waals surface area contributed by atoms with Crippen molar-refractivity contribution in [3.63, 3.8) is 0 Å². The molecule has 4 aromatic carbocycles. The molecule has 41 heavy (non-hydrogen) atoms. The molecule has 1 heterocycles. The molecule has 0 spiro atoms. The average Bonchev–Trinajstić information content (AvgIpc) is 3.23. The fraction of sp³-hybridized carbons (Fsp3) is 0.0968. The first-order valence-corrected chi connectivity index (χ1v) is 13.0. The Bertz CT molecular complexity index is 1690. The van der Waals surface area contributed by atoms with Gasteiger partial charge in [-0.25, -0.2) is 0 Å². The minimum Gasteiger partial charge on any atom is -0.507 e. The quantitative estimate of drug-likeness (QED) is 0.134. The highest BCUT2D eigenvalue weighted by Gasteiger charge is 2.48. The van der Waals surface area contributed by atoms with Crippen molar-refractivity contribution in [3.05, 3.63) is 112 Å². The first-order chi connectivity index (χ1) is 19.8. The minimum atomic E-state index is -1.17. The van der Waals surface area contributed by atoms with Gasteiger partial charge in [0.25, 0.3) is 11.7 Å². The van der Waals surface area contributed by atoms with Gasteiger partial charge < -0.3 is 24.4 Å². The van der Waals surface area contributed by atoms with E-state index in [4.69, 9.17) is 37.4 Å². The van der Waals surface area contributed by atoms with Crippen molar-refractivity contribution >= 4 is 46.3 Å². The number of phenolic OH excluding ortho intramolecular Hbond substituents is 1. The van der Waals surface area contributed by atoms with Crippen molar-refractivity contribution in [2.45, 2.75) is 6.04 Å². The molecule has 2 N–H and O–H groups in total. The van der Waals surface area contributed by atoms with Crippen molar-refractivity contribution < 1.29 is 34.0 Å². The van der Waals surface area contributed by atoms with Gasteiger partial charge in [-0.1, -0.05) is 65.7 Å². The van der Waals surface area contributed by atoms with Crippen LogP contribution < -0.4 is 19.1 Å². The number of ether oxygens (including phenoxy) is 3. The van der Waals surface area contributed by atoms with Crippen LogP contribution in [0.2, 0.25) is 10.0 Å². The molecular formula is C31H23Cl2NO7.